The summed E-state index contributed by atoms with van der Waals surface area (Å²) in [7, 11) is 0. The molecule has 0 aliphatic rings. The molecule has 1 unspecified atom stereocenters. The number of rotatable bonds is 5. The number of hydrogen-bond acceptors (Lipinski definition) is 3. The SMILES string of the molecule is Cc1ccc(NC(=O)C(=O)NC(CO)CC(C)C)c(C)c1. The van der Waals surface area contributed by atoms with E-state index in [2.05, 4.69) is 10.6 Å². The summed E-state index contributed by atoms with van der Waals surface area (Å²) in [5, 5.41) is 14.4. The fourth-order valence-corrected chi connectivity index (χ4v) is 2.13. The third kappa shape index (κ3) is 5.55. The predicted molar refractivity (Wildman–Crippen MR) is 83.0 cm³/mol. The Morgan fingerprint density at radius 2 is 1.86 bits per heavy atom. The van der Waals surface area contributed by atoms with Crippen LogP contribution in [0.1, 0.15) is 31.4 Å². The minimum atomic E-state index is -0.727. The van der Waals surface area contributed by atoms with Gasteiger partial charge in [-0.1, -0.05) is 31.5 Å². The second-order valence-electron chi connectivity index (χ2n) is 5.76. The number of benzene rings is 1. The lowest BCUT2D eigenvalue weighted by atomic mass is 10.0. The molecular formula is C16H24N2O3. The van der Waals surface area contributed by atoms with Gasteiger partial charge < -0.3 is 15.7 Å². The molecule has 1 atom stereocenters. The van der Waals surface area contributed by atoms with E-state index in [0.717, 1.165) is 11.1 Å². The number of nitrogens with one attached hydrogen (secondary N) is 2. The standard InChI is InChI=1S/C16H24N2O3/c1-10(2)7-13(9-19)17-15(20)16(21)18-14-6-5-11(3)8-12(14)4/h5-6,8,10,13,19H,7,9H2,1-4H3,(H,17,20)(H,18,21). The van der Waals surface area contributed by atoms with Crippen LogP contribution < -0.4 is 10.6 Å². The molecule has 21 heavy (non-hydrogen) atoms. The zero-order chi connectivity index (χ0) is 16.0. The minimum Gasteiger partial charge on any atom is -0.394 e. The van der Waals surface area contributed by atoms with E-state index in [1.54, 1.807) is 6.07 Å². The quantitative estimate of drug-likeness (QED) is 0.724. The van der Waals surface area contributed by atoms with Gasteiger partial charge in [0.25, 0.3) is 0 Å². The van der Waals surface area contributed by atoms with Crippen molar-refractivity contribution in [2.75, 3.05) is 11.9 Å². The van der Waals surface area contributed by atoms with Crippen LogP contribution in [0.2, 0.25) is 0 Å². The van der Waals surface area contributed by atoms with Crippen molar-refractivity contribution in [2.45, 2.75) is 40.2 Å². The number of amides is 2. The summed E-state index contributed by atoms with van der Waals surface area (Å²) in [5.41, 5.74) is 2.61. The largest absolute Gasteiger partial charge is 0.394 e. The number of carbonyl (C=O) groups is 2. The van der Waals surface area contributed by atoms with Crippen LogP contribution in [0, 0.1) is 19.8 Å². The Balaban J connectivity index is 2.64. The summed E-state index contributed by atoms with van der Waals surface area (Å²) in [5.74, 6) is -1.12. The van der Waals surface area contributed by atoms with Gasteiger partial charge >= 0.3 is 11.8 Å². The number of carbonyl (C=O) groups excluding carboxylic acids is 2. The van der Waals surface area contributed by atoms with Gasteiger partial charge in [-0.3, -0.25) is 9.59 Å². The first kappa shape index (κ1) is 17.2. The van der Waals surface area contributed by atoms with E-state index < -0.39 is 17.9 Å². The van der Waals surface area contributed by atoms with Gasteiger partial charge in [0, 0.05) is 5.69 Å². The zero-order valence-corrected chi connectivity index (χ0v) is 13.1. The Labute approximate surface area is 125 Å². The minimum absolute atomic E-state index is 0.180. The third-order valence-electron chi connectivity index (χ3n) is 3.15. The molecule has 0 saturated carbocycles. The molecule has 0 aliphatic heterocycles. The number of aryl methyl sites for hydroxylation is 2. The highest BCUT2D eigenvalue weighted by atomic mass is 16.3. The zero-order valence-electron chi connectivity index (χ0n) is 13.1. The summed E-state index contributed by atoms with van der Waals surface area (Å²) in [6.07, 6.45) is 0.624. The monoisotopic (exact) mass is 292 g/mol. The number of hydrogen-bond donors (Lipinski definition) is 3. The van der Waals surface area contributed by atoms with E-state index in [0.29, 0.717) is 18.0 Å². The molecule has 116 valence electrons. The molecule has 0 spiro atoms. The molecule has 0 saturated heterocycles. The van der Waals surface area contributed by atoms with Crippen LogP contribution in [-0.2, 0) is 9.59 Å². The van der Waals surface area contributed by atoms with Crippen LogP contribution >= 0.6 is 0 Å². The lowest BCUT2D eigenvalue weighted by Gasteiger charge is -2.18. The van der Waals surface area contributed by atoms with Crippen molar-refractivity contribution in [1.82, 2.24) is 5.32 Å². The highest BCUT2D eigenvalue weighted by Crippen LogP contribution is 2.15. The Kier molecular flexibility index (Phi) is 6.37. The molecular weight excluding hydrogens is 268 g/mol. The fraction of sp³-hybridized carbons (Fsp3) is 0.500. The number of aliphatic hydroxyl groups excluding tert-OH is 1. The van der Waals surface area contributed by atoms with Crippen LogP contribution in [0.3, 0.4) is 0 Å². The highest BCUT2D eigenvalue weighted by molar-refractivity contribution is 6.39. The van der Waals surface area contributed by atoms with Gasteiger partial charge in [0.1, 0.15) is 0 Å². The highest BCUT2D eigenvalue weighted by Gasteiger charge is 2.19. The molecule has 0 radical (unpaired) electrons. The summed E-state index contributed by atoms with van der Waals surface area (Å²) in [6.45, 7) is 7.63. The summed E-state index contributed by atoms with van der Waals surface area (Å²) in [6, 6.07) is 5.17. The molecule has 1 aromatic carbocycles. The van der Waals surface area contributed by atoms with Crippen LogP contribution in [0.4, 0.5) is 5.69 Å². The Bertz CT molecular complexity index is 512. The predicted octanol–water partition coefficient (Wildman–Crippen LogP) is 1.77. The lowest BCUT2D eigenvalue weighted by Crippen LogP contribution is -2.44. The Morgan fingerprint density at radius 3 is 2.38 bits per heavy atom. The molecule has 1 aromatic rings. The molecule has 0 bridgehead atoms. The van der Waals surface area contributed by atoms with Crippen LogP contribution in [0.5, 0.6) is 0 Å². The maximum atomic E-state index is 11.9. The Morgan fingerprint density at radius 1 is 1.19 bits per heavy atom. The summed E-state index contributed by atoms with van der Waals surface area (Å²) < 4.78 is 0. The van der Waals surface area contributed by atoms with Crippen molar-refractivity contribution in [3.05, 3.63) is 29.3 Å². The first-order chi connectivity index (χ1) is 9.83. The lowest BCUT2D eigenvalue weighted by molar-refractivity contribution is -0.136. The average Bonchev–Trinajstić information content (AvgIpc) is 2.40. The van der Waals surface area contributed by atoms with Crippen molar-refractivity contribution < 1.29 is 14.7 Å². The molecule has 0 heterocycles. The third-order valence-corrected chi connectivity index (χ3v) is 3.15. The van der Waals surface area contributed by atoms with E-state index in [1.807, 2.05) is 39.8 Å². The smallest absolute Gasteiger partial charge is 0.313 e. The fourth-order valence-electron chi connectivity index (χ4n) is 2.13. The molecule has 5 nitrogen and oxygen atoms in total. The molecule has 1 rings (SSSR count). The van der Waals surface area contributed by atoms with Crippen LogP contribution in [-0.4, -0.2) is 29.6 Å². The second-order valence-corrected chi connectivity index (χ2v) is 5.76. The van der Waals surface area contributed by atoms with Gasteiger partial charge in [0.2, 0.25) is 0 Å². The topological polar surface area (TPSA) is 78.4 Å². The van der Waals surface area contributed by atoms with Gasteiger partial charge in [-0.05, 0) is 37.8 Å². The van der Waals surface area contributed by atoms with Crippen molar-refractivity contribution in [1.29, 1.82) is 0 Å². The van der Waals surface area contributed by atoms with Crippen molar-refractivity contribution in [3.63, 3.8) is 0 Å². The first-order valence-electron chi connectivity index (χ1n) is 7.13. The van der Waals surface area contributed by atoms with E-state index in [-0.39, 0.29) is 6.61 Å². The van der Waals surface area contributed by atoms with Gasteiger partial charge in [-0.25, -0.2) is 0 Å². The maximum absolute atomic E-state index is 11.9. The van der Waals surface area contributed by atoms with Crippen LogP contribution in [0.15, 0.2) is 18.2 Å². The molecule has 0 fully saturated rings. The average molecular weight is 292 g/mol. The van der Waals surface area contributed by atoms with Crippen molar-refractivity contribution in [2.24, 2.45) is 5.92 Å². The number of aliphatic hydroxyl groups is 1. The van der Waals surface area contributed by atoms with E-state index >= 15 is 0 Å². The van der Waals surface area contributed by atoms with E-state index in [1.165, 1.54) is 0 Å². The first-order valence-corrected chi connectivity index (χ1v) is 7.13. The molecule has 0 aliphatic carbocycles. The molecule has 3 N–H and O–H groups in total. The maximum Gasteiger partial charge on any atom is 0.313 e. The van der Waals surface area contributed by atoms with E-state index in [9.17, 15) is 14.7 Å². The van der Waals surface area contributed by atoms with Gasteiger partial charge in [-0.15, -0.1) is 0 Å². The van der Waals surface area contributed by atoms with Crippen LogP contribution in [0.25, 0.3) is 0 Å². The van der Waals surface area contributed by atoms with Crippen molar-refractivity contribution in [3.8, 4) is 0 Å². The van der Waals surface area contributed by atoms with Gasteiger partial charge in [0.05, 0.1) is 12.6 Å². The molecule has 5 heteroatoms. The normalized spacial score (nSPS) is 12.1. The summed E-state index contributed by atoms with van der Waals surface area (Å²) >= 11 is 0. The Hall–Kier alpha value is -1.88. The second kappa shape index (κ2) is 7.78. The van der Waals surface area contributed by atoms with E-state index in [4.69, 9.17) is 0 Å². The van der Waals surface area contributed by atoms with Crippen molar-refractivity contribution >= 4 is 17.5 Å². The molecule has 0 aromatic heterocycles. The molecule has 2 amide bonds. The summed E-state index contributed by atoms with van der Waals surface area (Å²) in [4.78, 5) is 23.7. The van der Waals surface area contributed by atoms with Gasteiger partial charge in [0.15, 0.2) is 0 Å². The van der Waals surface area contributed by atoms with Gasteiger partial charge in [-0.2, -0.15) is 0 Å². The number of anilines is 1.